The van der Waals surface area contributed by atoms with E-state index in [0.717, 1.165) is 5.56 Å². The van der Waals surface area contributed by atoms with Crippen LogP contribution in [0.5, 0.6) is 0 Å². The van der Waals surface area contributed by atoms with Crippen molar-refractivity contribution in [1.82, 2.24) is 9.97 Å². The van der Waals surface area contributed by atoms with Crippen LogP contribution >= 0.6 is 0 Å². The highest BCUT2D eigenvalue weighted by Crippen LogP contribution is 2.17. The lowest BCUT2D eigenvalue weighted by Gasteiger charge is -2.08. The number of aromatic nitrogens is 2. The summed E-state index contributed by atoms with van der Waals surface area (Å²) in [6.07, 6.45) is 4.22. The highest BCUT2D eigenvalue weighted by Gasteiger charge is 2.11. The number of nitrogens with zero attached hydrogens (tertiary/aromatic N) is 2. The predicted molar refractivity (Wildman–Crippen MR) is 68.1 cm³/mol. The van der Waals surface area contributed by atoms with Crippen molar-refractivity contribution < 1.29 is 14.7 Å². The maximum atomic E-state index is 11.9. The monoisotopic (exact) mass is 257 g/mol. The van der Waals surface area contributed by atoms with Gasteiger partial charge >= 0.3 is 5.97 Å². The van der Waals surface area contributed by atoms with Crippen molar-refractivity contribution in [2.75, 3.05) is 5.32 Å². The van der Waals surface area contributed by atoms with Crippen LogP contribution in [0.15, 0.2) is 36.8 Å². The van der Waals surface area contributed by atoms with E-state index >= 15 is 0 Å². The molecular formula is C13H11N3O3. The van der Waals surface area contributed by atoms with E-state index in [4.69, 9.17) is 5.11 Å². The van der Waals surface area contributed by atoms with E-state index in [1.165, 1.54) is 30.7 Å². The Bertz CT molecular complexity index is 626. The number of aromatic carboxylic acids is 1. The lowest BCUT2D eigenvalue weighted by atomic mass is 10.1. The van der Waals surface area contributed by atoms with Crippen molar-refractivity contribution in [3.8, 4) is 0 Å². The smallest absolute Gasteiger partial charge is 0.335 e. The Morgan fingerprint density at radius 2 is 2.05 bits per heavy atom. The topological polar surface area (TPSA) is 92.2 Å². The van der Waals surface area contributed by atoms with Crippen molar-refractivity contribution in [2.24, 2.45) is 0 Å². The second-order valence-corrected chi connectivity index (χ2v) is 3.88. The van der Waals surface area contributed by atoms with Crippen molar-refractivity contribution in [1.29, 1.82) is 0 Å². The molecule has 0 aliphatic carbocycles. The second kappa shape index (κ2) is 5.26. The number of carbonyl (C=O) groups excluding carboxylic acids is 1. The first-order valence-corrected chi connectivity index (χ1v) is 5.49. The first kappa shape index (κ1) is 12.7. The maximum Gasteiger partial charge on any atom is 0.335 e. The predicted octanol–water partition coefficient (Wildman–Crippen LogP) is 1.74. The van der Waals surface area contributed by atoms with E-state index in [1.54, 1.807) is 13.0 Å². The molecule has 0 fully saturated rings. The number of carboxylic acid groups (broad SMARTS) is 1. The number of hydrogen-bond acceptors (Lipinski definition) is 4. The average Bonchev–Trinajstić information content (AvgIpc) is 2.42. The van der Waals surface area contributed by atoms with Crippen molar-refractivity contribution in [3.63, 3.8) is 0 Å². The van der Waals surface area contributed by atoms with Crippen LogP contribution in [-0.2, 0) is 0 Å². The van der Waals surface area contributed by atoms with Gasteiger partial charge in [0, 0.05) is 18.1 Å². The molecule has 2 rings (SSSR count). The number of rotatable bonds is 3. The molecule has 1 aromatic carbocycles. The molecule has 2 aromatic rings. The number of aryl methyl sites for hydroxylation is 1. The molecule has 0 saturated heterocycles. The second-order valence-electron chi connectivity index (χ2n) is 3.88. The molecule has 1 amide bonds. The van der Waals surface area contributed by atoms with Gasteiger partial charge in [-0.3, -0.25) is 9.78 Å². The average molecular weight is 257 g/mol. The summed E-state index contributed by atoms with van der Waals surface area (Å²) in [4.78, 5) is 30.4. The molecule has 19 heavy (non-hydrogen) atoms. The normalized spacial score (nSPS) is 9.95. The third kappa shape index (κ3) is 2.92. The Labute approximate surface area is 109 Å². The summed E-state index contributed by atoms with van der Waals surface area (Å²) in [5.41, 5.74) is 1.49. The van der Waals surface area contributed by atoms with Crippen LogP contribution in [0.3, 0.4) is 0 Å². The van der Waals surface area contributed by atoms with Crippen LogP contribution in [0, 0.1) is 6.92 Å². The van der Waals surface area contributed by atoms with E-state index < -0.39 is 11.9 Å². The molecule has 0 spiro atoms. The zero-order chi connectivity index (χ0) is 13.8. The summed E-state index contributed by atoms with van der Waals surface area (Å²) in [6.45, 7) is 1.78. The zero-order valence-electron chi connectivity index (χ0n) is 10.1. The van der Waals surface area contributed by atoms with Gasteiger partial charge in [0.05, 0.1) is 11.8 Å². The first-order valence-electron chi connectivity index (χ1n) is 5.49. The van der Waals surface area contributed by atoms with Gasteiger partial charge in [0.1, 0.15) is 5.69 Å². The molecule has 6 nitrogen and oxygen atoms in total. The minimum atomic E-state index is -1.05. The Balaban J connectivity index is 2.26. The Morgan fingerprint density at radius 1 is 1.26 bits per heavy atom. The van der Waals surface area contributed by atoms with Crippen LogP contribution < -0.4 is 5.32 Å². The van der Waals surface area contributed by atoms with Crippen LogP contribution in [0.1, 0.15) is 26.4 Å². The number of hydrogen-bond donors (Lipinski definition) is 2. The number of carbonyl (C=O) groups is 2. The van der Waals surface area contributed by atoms with Crippen molar-refractivity contribution in [2.45, 2.75) is 6.92 Å². The molecule has 6 heteroatoms. The summed E-state index contributed by atoms with van der Waals surface area (Å²) < 4.78 is 0. The molecule has 1 aromatic heterocycles. The number of nitrogens with one attached hydrogen (secondary N) is 1. The molecule has 0 atom stereocenters. The van der Waals surface area contributed by atoms with E-state index in [9.17, 15) is 9.59 Å². The van der Waals surface area contributed by atoms with Crippen molar-refractivity contribution >= 4 is 17.6 Å². The first-order chi connectivity index (χ1) is 9.08. The van der Waals surface area contributed by atoms with E-state index in [1.807, 2.05) is 0 Å². The third-order valence-corrected chi connectivity index (χ3v) is 2.53. The van der Waals surface area contributed by atoms with Crippen molar-refractivity contribution in [3.05, 3.63) is 53.6 Å². The number of carboxylic acids is 1. The van der Waals surface area contributed by atoms with Gasteiger partial charge in [-0.15, -0.1) is 0 Å². The van der Waals surface area contributed by atoms with Crippen LogP contribution in [0.2, 0.25) is 0 Å². The van der Waals surface area contributed by atoms with Crippen LogP contribution in [-0.4, -0.2) is 27.0 Å². The Morgan fingerprint density at radius 3 is 2.68 bits per heavy atom. The molecule has 0 saturated carbocycles. The fraction of sp³-hybridized carbons (Fsp3) is 0.0769. The molecule has 2 N–H and O–H groups in total. The van der Waals surface area contributed by atoms with E-state index in [0.29, 0.717) is 5.69 Å². The van der Waals surface area contributed by atoms with Gasteiger partial charge in [0.2, 0.25) is 0 Å². The summed E-state index contributed by atoms with van der Waals surface area (Å²) in [6, 6.07) is 4.53. The molecular weight excluding hydrogens is 246 g/mol. The van der Waals surface area contributed by atoms with Gasteiger partial charge in [-0.2, -0.15) is 0 Å². The van der Waals surface area contributed by atoms with Gasteiger partial charge in [-0.05, 0) is 24.6 Å². The van der Waals surface area contributed by atoms with E-state index in [2.05, 4.69) is 15.3 Å². The number of benzene rings is 1. The quantitative estimate of drug-likeness (QED) is 0.873. The lowest BCUT2D eigenvalue weighted by molar-refractivity contribution is 0.0696. The standard InChI is InChI=1S/C13H11N3O3/c1-8-2-3-9(13(18)19)6-10(8)16-12(17)11-7-14-4-5-15-11/h2-7H,1H3,(H,16,17)(H,18,19). The lowest BCUT2D eigenvalue weighted by Crippen LogP contribution is -2.15. The molecule has 96 valence electrons. The molecule has 0 aliphatic heterocycles. The molecule has 0 unspecified atom stereocenters. The van der Waals surface area contributed by atoms with Crippen LogP contribution in [0.4, 0.5) is 5.69 Å². The van der Waals surface area contributed by atoms with Gasteiger partial charge in [-0.1, -0.05) is 6.07 Å². The fourth-order valence-electron chi connectivity index (χ4n) is 1.49. The minimum Gasteiger partial charge on any atom is -0.478 e. The summed E-state index contributed by atoms with van der Waals surface area (Å²) in [5.74, 6) is -1.48. The SMILES string of the molecule is Cc1ccc(C(=O)O)cc1NC(=O)c1cnccn1. The minimum absolute atomic E-state index is 0.111. The van der Waals surface area contributed by atoms with Gasteiger partial charge in [-0.25, -0.2) is 9.78 Å². The summed E-state index contributed by atoms with van der Waals surface area (Å²) in [5, 5.41) is 11.5. The summed E-state index contributed by atoms with van der Waals surface area (Å²) in [7, 11) is 0. The van der Waals surface area contributed by atoms with Gasteiger partial charge < -0.3 is 10.4 Å². The highest BCUT2D eigenvalue weighted by molar-refractivity contribution is 6.03. The summed E-state index contributed by atoms with van der Waals surface area (Å²) >= 11 is 0. The molecule has 0 bridgehead atoms. The fourth-order valence-corrected chi connectivity index (χ4v) is 1.49. The largest absolute Gasteiger partial charge is 0.478 e. The molecule has 0 aliphatic rings. The molecule has 1 heterocycles. The Hall–Kier alpha value is -2.76. The highest BCUT2D eigenvalue weighted by atomic mass is 16.4. The zero-order valence-corrected chi connectivity index (χ0v) is 10.1. The maximum absolute atomic E-state index is 11.9. The van der Waals surface area contributed by atoms with Crippen LogP contribution in [0.25, 0.3) is 0 Å². The van der Waals surface area contributed by atoms with E-state index in [-0.39, 0.29) is 11.3 Å². The number of amides is 1. The van der Waals surface area contributed by atoms with Gasteiger partial charge in [0.25, 0.3) is 5.91 Å². The van der Waals surface area contributed by atoms with Gasteiger partial charge in [0.15, 0.2) is 0 Å². The third-order valence-electron chi connectivity index (χ3n) is 2.53. The Kier molecular flexibility index (Phi) is 3.51. The molecule has 0 radical (unpaired) electrons. The number of anilines is 1.